The molecule has 0 aromatic heterocycles. The summed E-state index contributed by atoms with van der Waals surface area (Å²) in [5.41, 5.74) is 2.72. The average Bonchev–Trinajstić information content (AvgIpc) is 2.82. The van der Waals surface area contributed by atoms with Crippen LogP contribution in [0.2, 0.25) is 0 Å². The summed E-state index contributed by atoms with van der Waals surface area (Å²) in [6.45, 7) is 1.83. The second-order valence-electron chi connectivity index (χ2n) is 6.86. The summed E-state index contributed by atoms with van der Waals surface area (Å²) in [6, 6.07) is 23.6. The summed E-state index contributed by atoms with van der Waals surface area (Å²) in [5.74, 6) is 6.65. The van der Waals surface area contributed by atoms with Crippen LogP contribution in [0, 0.1) is 18.8 Å². The molecule has 0 heterocycles. The fourth-order valence-electron chi connectivity index (χ4n) is 2.73. The van der Waals surface area contributed by atoms with Gasteiger partial charge in [0.1, 0.15) is 12.3 Å². The fraction of sp³-hybridized carbons (Fsp3) is 0.115. The molecule has 0 amide bonds. The number of hydrazone groups is 1. The largest absolute Gasteiger partial charge is 0.497 e. The summed E-state index contributed by atoms with van der Waals surface area (Å²) in [7, 11) is -2.23. The van der Waals surface area contributed by atoms with Crippen LogP contribution < -0.4 is 4.74 Å². The SMILES string of the molecule is COc1ccc(/C=C/C=N/N(CC#Cc2ccccc2)S(=O)(=O)c2ccc(C)cc2)cc1. The van der Waals surface area contributed by atoms with Gasteiger partial charge in [-0.25, -0.2) is 0 Å². The quantitative estimate of drug-likeness (QED) is 0.300. The molecule has 0 radical (unpaired) electrons. The Balaban J connectivity index is 1.82. The molecular formula is C26H24N2O3S. The van der Waals surface area contributed by atoms with Crippen LogP contribution in [0.25, 0.3) is 6.08 Å². The molecule has 32 heavy (non-hydrogen) atoms. The van der Waals surface area contributed by atoms with Crippen molar-refractivity contribution < 1.29 is 13.2 Å². The Morgan fingerprint density at radius 3 is 2.31 bits per heavy atom. The zero-order valence-electron chi connectivity index (χ0n) is 18.0. The lowest BCUT2D eigenvalue weighted by Crippen LogP contribution is -2.26. The molecule has 162 valence electrons. The van der Waals surface area contributed by atoms with Crippen LogP contribution in [0.4, 0.5) is 0 Å². The summed E-state index contributed by atoms with van der Waals surface area (Å²) < 4.78 is 32.4. The monoisotopic (exact) mass is 444 g/mol. The van der Waals surface area contributed by atoms with E-state index in [0.29, 0.717) is 0 Å². The van der Waals surface area contributed by atoms with E-state index in [0.717, 1.165) is 26.9 Å². The summed E-state index contributed by atoms with van der Waals surface area (Å²) in [6.07, 6.45) is 4.96. The lowest BCUT2D eigenvalue weighted by Gasteiger charge is -2.16. The first-order chi connectivity index (χ1) is 15.5. The molecule has 3 rings (SSSR count). The molecule has 0 bridgehead atoms. The standard InChI is InChI=1S/C26H24N2O3S/c1-22-12-18-26(19-13-22)32(29,30)28(21-7-11-23-8-4-3-5-9-23)27-20-6-10-24-14-16-25(31-2)17-15-24/h3-6,8-10,12-20H,21H2,1-2H3/b10-6+,27-20+. The molecule has 5 nitrogen and oxygen atoms in total. The number of sulfonamides is 1. The van der Waals surface area contributed by atoms with Crippen molar-refractivity contribution in [2.75, 3.05) is 13.7 Å². The topological polar surface area (TPSA) is 59.0 Å². The van der Waals surface area contributed by atoms with E-state index in [1.807, 2.05) is 67.6 Å². The van der Waals surface area contributed by atoms with Gasteiger partial charge in [-0.05, 0) is 55.0 Å². The van der Waals surface area contributed by atoms with E-state index in [1.165, 1.54) is 6.21 Å². The van der Waals surface area contributed by atoms with Gasteiger partial charge in [0.05, 0.1) is 12.0 Å². The van der Waals surface area contributed by atoms with E-state index < -0.39 is 10.0 Å². The van der Waals surface area contributed by atoms with E-state index in [4.69, 9.17) is 4.74 Å². The predicted molar refractivity (Wildman–Crippen MR) is 129 cm³/mol. The number of hydrogen-bond donors (Lipinski definition) is 0. The maximum absolute atomic E-state index is 13.1. The van der Waals surface area contributed by atoms with Gasteiger partial charge in [0, 0.05) is 11.8 Å². The highest BCUT2D eigenvalue weighted by Gasteiger charge is 2.21. The minimum atomic E-state index is -3.84. The van der Waals surface area contributed by atoms with Crippen molar-refractivity contribution in [3.8, 4) is 17.6 Å². The van der Waals surface area contributed by atoms with Gasteiger partial charge in [-0.1, -0.05) is 65.9 Å². The minimum Gasteiger partial charge on any atom is -0.497 e. The van der Waals surface area contributed by atoms with Crippen LogP contribution in [0.1, 0.15) is 16.7 Å². The number of benzene rings is 3. The Hall–Kier alpha value is -3.82. The molecule has 0 fully saturated rings. The molecule has 0 spiro atoms. The van der Waals surface area contributed by atoms with Crippen molar-refractivity contribution >= 4 is 22.3 Å². The zero-order chi connectivity index (χ0) is 22.8. The maximum Gasteiger partial charge on any atom is 0.279 e. The van der Waals surface area contributed by atoms with Crippen LogP contribution in [0.3, 0.4) is 0 Å². The molecule has 0 aliphatic carbocycles. The normalized spacial score (nSPS) is 11.3. The number of aryl methyl sites for hydroxylation is 1. The Labute approximate surface area is 189 Å². The van der Waals surface area contributed by atoms with Crippen molar-refractivity contribution in [3.63, 3.8) is 0 Å². The maximum atomic E-state index is 13.1. The van der Waals surface area contributed by atoms with Gasteiger partial charge in [0.15, 0.2) is 0 Å². The highest BCUT2D eigenvalue weighted by molar-refractivity contribution is 7.89. The number of hydrogen-bond acceptors (Lipinski definition) is 4. The number of allylic oxidation sites excluding steroid dienone is 1. The molecule has 3 aromatic rings. The van der Waals surface area contributed by atoms with Crippen LogP contribution >= 0.6 is 0 Å². The Morgan fingerprint density at radius 1 is 0.969 bits per heavy atom. The van der Waals surface area contributed by atoms with Crippen LogP contribution in [0.15, 0.2) is 94.9 Å². The average molecular weight is 445 g/mol. The van der Waals surface area contributed by atoms with E-state index >= 15 is 0 Å². The number of ether oxygens (including phenoxy) is 1. The fourth-order valence-corrected chi connectivity index (χ4v) is 3.87. The Bertz CT molecular complexity index is 1240. The number of methoxy groups -OCH3 is 1. The van der Waals surface area contributed by atoms with Crippen molar-refractivity contribution in [1.82, 2.24) is 4.41 Å². The van der Waals surface area contributed by atoms with Crippen molar-refractivity contribution in [1.29, 1.82) is 0 Å². The van der Waals surface area contributed by atoms with Gasteiger partial charge in [0.2, 0.25) is 0 Å². The lowest BCUT2D eigenvalue weighted by atomic mass is 10.2. The Morgan fingerprint density at radius 2 is 1.66 bits per heavy atom. The first-order valence-corrected chi connectivity index (χ1v) is 11.4. The molecule has 0 unspecified atom stereocenters. The van der Waals surface area contributed by atoms with Gasteiger partial charge in [-0.15, -0.1) is 0 Å². The molecule has 0 aliphatic rings. The number of nitrogens with zero attached hydrogens (tertiary/aromatic N) is 2. The molecular weight excluding hydrogens is 420 g/mol. The molecule has 6 heteroatoms. The molecule has 3 aromatic carbocycles. The second-order valence-corrected chi connectivity index (χ2v) is 8.71. The first-order valence-electron chi connectivity index (χ1n) is 9.97. The summed E-state index contributed by atoms with van der Waals surface area (Å²) in [4.78, 5) is 0.167. The van der Waals surface area contributed by atoms with Crippen LogP contribution in [0.5, 0.6) is 5.75 Å². The third kappa shape index (κ3) is 6.34. The Kier molecular flexibility index (Phi) is 7.85. The zero-order valence-corrected chi connectivity index (χ0v) is 18.8. The summed E-state index contributed by atoms with van der Waals surface area (Å²) >= 11 is 0. The van der Waals surface area contributed by atoms with E-state index in [-0.39, 0.29) is 11.4 Å². The van der Waals surface area contributed by atoms with E-state index in [2.05, 4.69) is 16.9 Å². The lowest BCUT2D eigenvalue weighted by molar-refractivity contribution is 0.415. The highest BCUT2D eigenvalue weighted by Crippen LogP contribution is 2.17. The van der Waals surface area contributed by atoms with Crippen LogP contribution in [-0.2, 0) is 10.0 Å². The van der Waals surface area contributed by atoms with Gasteiger partial charge >= 0.3 is 0 Å². The van der Waals surface area contributed by atoms with Gasteiger partial charge in [-0.3, -0.25) is 0 Å². The predicted octanol–water partition coefficient (Wildman–Crippen LogP) is 4.75. The van der Waals surface area contributed by atoms with Crippen molar-refractivity contribution in [3.05, 3.63) is 102 Å². The van der Waals surface area contributed by atoms with Gasteiger partial charge in [0.25, 0.3) is 10.0 Å². The molecule has 0 atom stereocenters. The summed E-state index contributed by atoms with van der Waals surface area (Å²) in [5, 5.41) is 4.18. The van der Waals surface area contributed by atoms with Crippen LogP contribution in [-0.4, -0.2) is 32.7 Å². The second kappa shape index (κ2) is 11.0. The highest BCUT2D eigenvalue weighted by atomic mass is 32.2. The molecule has 0 aliphatic heterocycles. The third-order valence-electron chi connectivity index (χ3n) is 4.50. The van der Waals surface area contributed by atoms with E-state index in [1.54, 1.807) is 37.5 Å². The van der Waals surface area contributed by atoms with Crippen molar-refractivity contribution in [2.45, 2.75) is 11.8 Å². The van der Waals surface area contributed by atoms with E-state index in [9.17, 15) is 8.42 Å². The molecule has 0 saturated carbocycles. The minimum absolute atomic E-state index is 0.0714. The first kappa shape index (κ1) is 22.9. The van der Waals surface area contributed by atoms with Crippen molar-refractivity contribution in [2.24, 2.45) is 5.10 Å². The smallest absolute Gasteiger partial charge is 0.279 e. The van der Waals surface area contributed by atoms with Gasteiger partial charge in [-0.2, -0.15) is 17.9 Å². The molecule has 0 saturated heterocycles. The van der Waals surface area contributed by atoms with Gasteiger partial charge < -0.3 is 4.74 Å². The molecule has 0 N–H and O–H groups in total. The third-order valence-corrected chi connectivity index (χ3v) is 6.15. The number of rotatable bonds is 7.